The molecule has 78 valence electrons. The van der Waals surface area contributed by atoms with E-state index in [4.69, 9.17) is 5.84 Å². The Kier molecular flexibility index (Phi) is 3.14. The van der Waals surface area contributed by atoms with Gasteiger partial charge < -0.3 is 5.43 Å². The van der Waals surface area contributed by atoms with Gasteiger partial charge in [-0.2, -0.15) is 0 Å². The molecule has 7 heteroatoms. The van der Waals surface area contributed by atoms with Crippen LogP contribution in [0.2, 0.25) is 0 Å². The molecule has 2 aromatic heterocycles. The van der Waals surface area contributed by atoms with Gasteiger partial charge in [0.25, 0.3) is 0 Å². The Morgan fingerprint density at radius 2 is 2.33 bits per heavy atom. The van der Waals surface area contributed by atoms with Crippen LogP contribution in [-0.4, -0.2) is 15.2 Å². The molecule has 2 aromatic rings. The number of hydrazine groups is 1. The fourth-order valence-corrected chi connectivity index (χ4v) is 2.79. The van der Waals surface area contributed by atoms with E-state index >= 15 is 0 Å². The number of aryl methyl sites for hydroxylation is 1. The highest BCUT2D eigenvalue weighted by Gasteiger charge is 2.03. The second kappa shape index (κ2) is 4.56. The minimum absolute atomic E-state index is 0.640. The first-order valence-electron chi connectivity index (χ1n) is 4.18. The van der Waals surface area contributed by atoms with Crippen LogP contribution in [0.5, 0.6) is 0 Å². The number of nitrogens with zero attached hydrogens (tertiary/aromatic N) is 3. The molecule has 15 heavy (non-hydrogen) atoms. The molecule has 0 bridgehead atoms. The zero-order valence-electron chi connectivity index (χ0n) is 7.97. The Hall–Kier alpha value is -1.18. The van der Waals surface area contributed by atoms with E-state index in [9.17, 15) is 0 Å². The molecule has 2 rings (SSSR count). The highest BCUT2D eigenvalue weighted by molar-refractivity contribution is 8.01. The molecule has 0 amide bonds. The molecule has 0 saturated carbocycles. The first kappa shape index (κ1) is 10.3. The summed E-state index contributed by atoms with van der Waals surface area (Å²) in [6.07, 6.45) is 1.70. The third kappa shape index (κ3) is 2.65. The first-order valence-corrected chi connectivity index (χ1v) is 5.82. The average Bonchev–Trinajstić information content (AvgIpc) is 2.64. The Morgan fingerprint density at radius 1 is 1.47 bits per heavy atom. The molecule has 0 aliphatic heterocycles. The number of hydrogen-bond acceptors (Lipinski definition) is 7. The second-order valence-corrected chi connectivity index (χ2v) is 5.21. The van der Waals surface area contributed by atoms with Crippen molar-refractivity contribution in [1.29, 1.82) is 0 Å². The molecule has 0 saturated heterocycles. The first-order chi connectivity index (χ1) is 7.28. The number of nitrogen functional groups attached to an aromatic ring is 1. The van der Waals surface area contributed by atoms with Crippen LogP contribution in [0.1, 0.15) is 5.01 Å². The average molecular weight is 239 g/mol. The quantitative estimate of drug-likeness (QED) is 0.627. The van der Waals surface area contributed by atoms with Crippen molar-refractivity contribution in [3.63, 3.8) is 0 Å². The number of rotatable bonds is 3. The summed E-state index contributed by atoms with van der Waals surface area (Å²) in [6.45, 7) is 1.93. The van der Waals surface area contributed by atoms with E-state index in [0.29, 0.717) is 5.82 Å². The maximum absolute atomic E-state index is 5.27. The van der Waals surface area contributed by atoms with Gasteiger partial charge in [0.15, 0.2) is 4.34 Å². The number of aromatic nitrogens is 3. The summed E-state index contributed by atoms with van der Waals surface area (Å²) < 4.78 is 0.918. The normalized spacial score (nSPS) is 10.3. The summed E-state index contributed by atoms with van der Waals surface area (Å²) in [4.78, 5) is 5.06. The van der Waals surface area contributed by atoms with Gasteiger partial charge >= 0.3 is 0 Å². The molecule has 5 nitrogen and oxygen atoms in total. The summed E-state index contributed by atoms with van der Waals surface area (Å²) >= 11 is 3.11. The lowest BCUT2D eigenvalue weighted by Crippen LogP contribution is -2.07. The van der Waals surface area contributed by atoms with Gasteiger partial charge in [-0.25, -0.2) is 10.8 Å². The molecule has 0 aliphatic carbocycles. The maximum atomic E-state index is 5.27. The van der Waals surface area contributed by atoms with Crippen molar-refractivity contribution in [1.82, 2.24) is 15.2 Å². The van der Waals surface area contributed by atoms with Crippen LogP contribution in [0.15, 0.2) is 27.6 Å². The summed E-state index contributed by atoms with van der Waals surface area (Å²) in [5.41, 5.74) is 2.50. The van der Waals surface area contributed by atoms with E-state index in [1.165, 1.54) is 0 Å². The van der Waals surface area contributed by atoms with Gasteiger partial charge in [0, 0.05) is 11.1 Å². The van der Waals surface area contributed by atoms with Crippen molar-refractivity contribution in [2.75, 3.05) is 5.43 Å². The van der Waals surface area contributed by atoms with Gasteiger partial charge in [-0.1, -0.05) is 23.1 Å². The summed E-state index contributed by atoms with van der Waals surface area (Å²) in [6, 6.07) is 3.77. The van der Waals surface area contributed by atoms with Crippen LogP contribution in [0, 0.1) is 6.92 Å². The molecule has 0 aromatic carbocycles. The molecule has 2 heterocycles. The zero-order valence-corrected chi connectivity index (χ0v) is 9.60. The Bertz CT molecular complexity index is 456. The molecule has 0 radical (unpaired) electrons. The monoisotopic (exact) mass is 239 g/mol. The minimum atomic E-state index is 0.640. The smallest absolute Gasteiger partial charge is 0.179 e. The Labute approximate surface area is 95.1 Å². The van der Waals surface area contributed by atoms with Crippen LogP contribution < -0.4 is 11.3 Å². The van der Waals surface area contributed by atoms with Crippen molar-refractivity contribution in [3.05, 3.63) is 23.3 Å². The predicted molar refractivity (Wildman–Crippen MR) is 60.8 cm³/mol. The largest absolute Gasteiger partial charge is 0.308 e. The lowest BCUT2D eigenvalue weighted by atomic mass is 10.5. The molecular weight excluding hydrogens is 230 g/mol. The van der Waals surface area contributed by atoms with Crippen LogP contribution in [-0.2, 0) is 0 Å². The number of nitrogens with two attached hydrogens (primary N) is 1. The molecule has 0 atom stereocenters. The van der Waals surface area contributed by atoms with E-state index in [0.717, 1.165) is 14.2 Å². The van der Waals surface area contributed by atoms with Crippen molar-refractivity contribution in [2.24, 2.45) is 5.84 Å². The van der Waals surface area contributed by atoms with Gasteiger partial charge in [0.1, 0.15) is 10.8 Å². The van der Waals surface area contributed by atoms with Gasteiger partial charge in [-0.05, 0) is 19.1 Å². The van der Waals surface area contributed by atoms with E-state index in [-0.39, 0.29) is 0 Å². The van der Waals surface area contributed by atoms with Gasteiger partial charge in [-0.15, -0.1) is 10.2 Å². The Balaban J connectivity index is 2.16. The molecule has 0 fully saturated rings. The second-order valence-electron chi connectivity index (χ2n) is 2.71. The molecular formula is C8H9N5S2. The highest BCUT2D eigenvalue weighted by Crippen LogP contribution is 2.30. The summed E-state index contributed by atoms with van der Waals surface area (Å²) in [5.74, 6) is 5.91. The number of anilines is 1. The van der Waals surface area contributed by atoms with Crippen molar-refractivity contribution >= 4 is 28.9 Å². The molecule has 0 spiro atoms. The van der Waals surface area contributed by atoms with Crippen LogP contribution >= 0.6 is 23.1 Å². The fraction of sp³-hybridized carbons (Fsp3) is 0.125. The van der Waals surface area contributed by atoms with Crippen molar-refractivity contribution in [3.8, 4) is 0 Å². The number of hydrogen-bond donors (Lipinski definition) is 2. The molecule has 3 N–H and O–H groups in total. The van der Waals surface area contributed by atoms with E-state index < -0.39 is 0 Å². The number of nitrogens with one attached hydrogen (secondary N) is 1. The van der Waals surface area contributed by atoms with Crippen LogP contribution in [0.3, 0.4) is 0 Å². The fourth-order valence-electron chi connectivity index (χ4n) is 0.974. The summed E-state index contributed by atoms with van der Waals surface area (Å²) in [7, 11) is 0. The van der Waals surface area contributed by atoms with E-state index in [1.54, 1.807) is 29.3 Å². The lowest BCUT2D eigenvalue weighted by molar-refractivity contribution is 0.983. The summed E-state index contributed by atoms with van der Waals surface area (Å²) in [5, 5.41) is 8.93. The van der Waals surface area contributed by atoms with E-state index in [1.807, 2.05) is 19.1 Å². The van der Waals surface area contributed by atoms with Crippen molar-refractivity contribution in [2.45, 2.75) is 16.2 Å². The highest BCUT2D eigenvalue weighted by atomic mass is 32.2. The Morgan fingerprint density at radius 3 is 3.00 bits per heavy atom. The SMILES string of the molecule is Cc1nnc(Sc2ccnc(NN)c2)s1. The maximum Gasteiger partial charge on any atom is 0.179 e. The predicted octanol–water partition coefficient (Wildman–Crippen LogP) is 1.68. The van der Waals surface area contributed by atoms with Crippen LogP contribution in [0.25, 0.3) is 0 Å². The minimum Gasteiger partial charge on any atom is -0.308 e. The molecule has 0 aliphatic rings. The third-order valence-corrected chi connectivity index (χ3v) is 3.47. The van der Waals surface area contributed by atoms with Crippen molar-refractivity contribution < 1.29 is 0 Å². The lowest BCUT2D eigenvalue weighted by Gasteiger charge is -2.00. The molecule has 0 unspecified atom stereocenters. The zero-order chi connectivity index (χ0) is 10.7. The van der Waals surface area contributed by atoms with Gasteiger partial charge in [-0.3, -0.25) is 0 Å². The standard InChI is InChI=1S/C8H9N5S2/c1-5-12-13-8(14-5)15-6-2-3-10-7(4-6)11-9/h2-4H,9H2,1H3,(H,10,11). The third-order valence-electron chi connectivity index (χ3n) is 1.59. The van der Waals surface area contributed by atoms with Crippen LogP contribution in [0.4, 0.5) is 5.82 Å². The number of pyridine rings is 1. The van der Waals surface area contributed by atoms with Gasteiger partial charge in [0.2, 0.25) is 0 Å². The van der Waals surface area contributed by atoms with Gasteiger partial charge in [0.05, 0.1) is 0 Å². The van der Waals surface area contributed by atoms with E-state index in [2.05, 4.69) is 20.6 Å². The topological polar surface area (TPSA) is 76.7 Å².